The van der Waals surface area contributed by atoms with Crippen LogP contribution in [0.4, 0.5) is 0 Å². The van der Waals surface area contributed by atoms with Crippen molar-refractivity contribution in [2.45, 2.75) is 30.3 Å². The molecule has 2 unspecified atom stereocenters. The molecule has 0 amide bonds. The first kappa shape index (κ1) is 14.8. The molecule has 0 aromatic heterocycles. The molecule has 3 N–H and O–H groups in total. The lowest BCUT2D eigenvalue weighted by Gasteiger charge is -2.15. The maximum absolute atomic E-state index is 11.7. The number of nitrogens with one attached hydrogen (secondary N) is 1. The minimum Gasteiger partial charge on any atom is -0.392 e. The molecule has 0 aliphatic carbocycles. The summed E-state index contributed by atoms with van der Waals surface area (Å²) in [5.41, 5.74) is 5.25. The van der Waals surface area contributed by atoms with Gasteiger partial charge in [-0.15, -0.1) is 0 Å². The number of hydrogen-bond acceptors (Lipinski definition) is 5. The van der Waals surface area contributed by atoms with Gasteiger partial charge in [0.2, 0.25) is 10.0 Å². The summed E-state index contributed by atoms with van der Waals surface area (Å²) >= 11 is 4.60. The minimum absolute atomic E-state index is 0.0996. The standard InChI is InChI=1S/C8H16N2O4S3/c1-6(8(9)15)17(13,14)10-5-7-3-2-4-16(7,11)12/h6-7,10H,2-5H2,1H3,(H2,9,15). The van der Waals surface area contributed by atoms with E-state index in [-0.39, 0.29) is 17.3 Å². The number of nitrogens with two attached hydrogens (primary N) is 1. The molecule has 100 valence electrons. The summed E-state index contributed by atoms with van der Waals surface area (Å²) in [6.07, 6.45) is 1.08. The first-order valence-electron chi connectivity index (χ1n) is 5.16. The Balaban J connectivity index is 2.66. The van der Waals surface area contributed by atoms with Crippen molar-refractivity contribution in [2.75, 3.05) is 12.3 Å². The van der Waals surface area contributed by atoms with Gasteiger partial charge in [-0.25, -0.2) is 21.6 Å². The maximum Gasteiger partial charge on any atom is 0.220 e. The fourth-order valence-electron chi connectivity index (χ4n) is 1.57. The van der Waals surface area contributed by atoms with Crippen molar-refractivity contribution in [3.05, 3.63) is 0 Å². The molecule has 0 spiro atoms. The van der Waals surface area contributed by atoms with Gasteiger partial charge in [-0.2, -0.15) is 0 Å². The molecule has 6 nitrogen and oxygen atoms in total. The quantitative estimate of drug-likeness (QED) is 0.641. The van der Waals surface area contributed by atoms with Crippen LogP contribution in [0.15, 0.2) is 0 Å². The van der Waals surface area contributed by atoms with Gasteiger partial charge in [-0.05, 0) is 19.8 Å². The van der Waals surface area contributed by atoms with Crippen LogP contribution in [0.1, 0.15) is 19.8 Å². The summed E-state index contributed by atoms with van der Waals surface area (Å²) in [6.45, 7) is 1.27. The van der Waals surface area contributed by atoms with E-state index in [1.807, 2.05) is 0 Å². The Morgan fingerprint density at radius 3 is 2.59 bits per heavy atom. The van der Waals surface area contributed by atoms with Crippen molar-refractivity contribution in [3.63, 3.8) is 0 Å². The van der Waals surface area contributed by atoms with E-state index in [1.54, 1.807) is 0 Å². The SMILES string of the molecule is CC(C(N)=S)S(=O)(=O)NCC1CCCS1(=O)=O. The lowest BCUT2D eigenvalue weighted by atomic mass is 10.2. The van der Waals surface area contributed by atoms with Gasteiger partial charge < -0.3 is 5.73 Å². The zero-order valence-electron chi connectivity index (χ0n) is 9.42. The highest BCUT2D eigenvalue weighted by Gasteiger charge is 2.33. The second kappa shape index (κ2) is 5.17. The topological polar surface area (TPSA) is 106 Å². The van der Waals surface area contributed by atoms with E-state index in [4.69, 9.17) is 5.73 Å². The molecule has 17 heavy (non-hydrogen) atoms. The fourth-order valence-corrected chi connectivity index (χ4v) is 4.81. The van der Waals surface area contributed by atoms with Crippen LogP contribution in [0.3, 0.4) is 0 Å². The molecule has 1 fully saturated rings. The van der Waals surface area contributed by atoms with Crippen molar-refractivity contribution in [3.8, 4) is 0 Å². The average molecular weight is 300 g/mol. The van der Waals surface area contributed by atoms with Crippen molar-refractivity contribution in [1.82, 2.24) is 4.72 Å². The normalized spacial score (nSPS) is 25.6. The van der Waals surface area contributed by atoms with Crippen molar-refractivity contribution >= 4 is 37.1 Å². The van der Waals surface area contributed by atoms with E-state index >= 15 is 0 Å². The van der Waals surface area contributed by atoms with E-state index in [9.17, 15) is 16.8 Å². The molecule has 9 heteroatoms. The Kier molecular flexibility index (Phi) is 4.50. The van der Waals surface area contributed by atoms with Gasteiger partial charge >= 0.3 is 0 Å². The molecule has 1 aliphatic heterocycles. The molecule has 1 saturated heterocycles. The minimum atomic E-state index is -3.68. The fraction of sp³-hybridized carbons (Fsp3) is 0.875. The third kappa shape index (κ3) is 3.60. The van der Waals surface area contributed by atoms with E-state index < -0.39 is 30.4 Å². The van der Waals surface area contributed by atoms with E-state index in [0.29, 0.717) is 12.8 Å². The molecule has 0 bridgehead atoms. The summed E-state index contributed by atoms with van der Waals surface area (Å²) in [6, 6.07) is 0. The Morgan fingerprint density at radius 1 is 1.59 bits per heavy atom. The second-order valence-corrected chi connectivity index (χ2v) is 9.03. The lowest BCUT2D eigenvalue weighted by Crippen LogP contribution is -2.43. The molecular weight excluding hydrogens is 284 g/mol. The maximum atomic E-state index is 11.7. The van der Waals surface area contributed by atoms with Gasteiger partial charge in [-0.3, -0.25) is 0 Å². The van der Waals surface area contributed by atoms with E-state index in [2.05, 4.69) is 16.9 Å². The number of hydrogen-bond donors (Lipinski definition) is 2. The van der Waals surface area contributed by atoms with Crippen molar-refractivity contribution in [2.24, 2.45) is 5.73 Å². The highest BCUT2D eigenvalue weighted by Crippen LogP contribution is 2.19. The van der Waals surface area contributed by atoms with Crippen LogP contribution in [-0.2, 0) is 19.9 Å². The molecule has 0 radical (unpaired) electrons. The summed E-state index contributed by atoms with van der Waals surface area (Å²) < 4.78 is 48.6. The third-order valence-corrected chi connectivity index (χ3v) is 7.37. The molecule has 1 aliphatic rings. The van der Waals surface area contributed by atoms with Crippen LogP contribution < -0.4 is 10.5 Å². The van der Waals surface area contributed by atoms with Gasteiger partial charge in [0.05, 0.1) is 16.0 Å². The molecule has 0 aromatic rings. The summed E-state index contributed by atoms with van der Waals surface area (Å²) in [4.78, 5) is -0.133. The van der Waals surface area contributed by atoms with Crippen LogP contribution in [-0.4, -0.2) is 44.6 Å². The molecule has 0 aromatic carbocycles. The van der Waals surface area contributed by atoms with Crippen molar-refractivity contribution < 1.29 is 16.8 Å². The third-order valence-electron chi connectivity index (χ3n) is 2.84. The van der Waals surface area contributed by atoms with Crippen LogP contribution in [0.2, 0.25) is 0 Å². The Labute approximate surface area is 107 Å². The number of thiocarbonyl (C=S) groups is 1. The van der Waals surface area contributed by atoms with Gasteiger partial charge in [0.25, 0.3) is 0 Å². The largest absolute Gasteiger partial charge is 0.392 e. The first-order chi connectivity index (χ1) is 7.67. The van der Waals surface area contributed by atoms with Crippen LogP contribution in [0.25, 0.3) is 0 Å². The number of rotatable bonds is 5. The van der Waals surface area contributed by atoms with Crippen LogP contribution in [0.5, 0.6) is 0 Å². The zero-order valence-corrected chi connectivity index (χ0v) is 11.9. The predicted molar refractivity (Wildman–Crippen MR) is 70.0 cm³/mol. The monoisotopic (exact) mass is 300 g/mol. The zero-order chi connectivity index (χ0) is 13.3. The van der Waals surface area contributed by atoms with Crippen LogP contribution in [0, 0.1) is 0 Å². The van der Waals surface area contributed by atoms with Gasteiger partial charge in [-0.1, -0.05) is 12.2 Å². The van der Waals surface area contributed by atoms with Gasteiger partial charge in [0.1, 0.15) is 5.25 Å². The van der Waals surface area contributed by atoms with E-state index in [1.165, 1.54) is 6.92 Å². The lowest BCUT2D eigenvalue weighted by molar-refractivity contribution is 0.568. The average Bonchev–Trinajstić information content (AvgIpc) is 2.53. The van der Waals surface area contributed by atoms with Gasteiger partial charge in [0.15, 0.2) is 9.84 Å². The van der Waals surface area contributed by atoms with E-state index in [0.717, 1.165) is 0 Å². The summed E-state index contributed by atoms with van der Waals surface area (Å²) in [5.74, 6) is 0.129. The molecule has 1 rings (SSSR count). The van der Waals surface area contributed by atoms with Crippen LogP contribution >= 0.6 is 12.2 Å². The molecule has 0 saturated carbocycles. The Hall–Kier alpha value is -0.250. The highest BCUT2D eigenvalue weighted by molar-refractivity contribution is 7.93. The highest BCUT2D eigenvalue weighted by atomic mass is 32.2. The predicted octanol–water partition coefficient (Wildman–Crippen LogP) is -0.842. The first-order valence-corrected chi connectivity index (χ1v) is 8.83. The smallest absolute Gasteiger partial charge is 0.220 e. The summed E-state index contributed by atoms with van der Waals surface area (Å²) in [5, 5.41) is -1.63. The Morgan fingerprint density at radius 2 is 2.18 bits per heavy atom. The number of sulfone groups is 1. The Bertz CT molecular complexity index is 497. The summed E-state index contributed by atoms with van der Waals surface area (Å²) in [7, 11) is -6.82. The molecule has 1 heterocycles. The molecular formula is C8H16N2O4S3. The van der Waals surface area contributed by atoms with Gasteiger partial charge in [0, 0.05) is 6.54 Å². The molecule has 2 atom stereocenters. The van der Waals surface area contributed by atoms with Crippen molar-refractivity contribution in [1.29, 1.82) is 0 Å². The second-order valence-electron chi connectivity index (χ2n) is 4.07. The number of sulfonamides is 1.